The number of aromatic nitrogens is 1. The van der Waals surface area contributed by atoms with Crippen molar-refractivity contribution in [1.82, 2.24) is 4.98 Å². The zero-order valence-corrected chi connectivity index (χ0v) is 12.0. The Balaban J connectivity index is 1.86. The van der Waals surface area contributed by atoms with E-state index in [1.54, 1.807) is 0 Å². The Hall–Kier alpha value is -0.800. The molecule has 3 rings (SSSR count). The summed E-state index contributed by atoms with van der Waals surface area (Å²) in [6, 6.07) is 6.83. The van der Waals surface area contributed by atoms with Crippen molar-refractivity contribution in [2.24, 2.45) is 11.7 Å². The highest BCUT2D eigenvalue weighted by atomic mass is 79.9. The number of rotatable bonds is 2. The molecular formula is C15H19BrN2. The first-order valence-electron chi connectivity index (χ1n) is 6.75. The van der Waals surface area contributed by atoms with Crippen LogP contribution in [0.3, 0.4) is 0 Å². The van der Waals surface area contributed by atoms with E-state index in [2.05, 4.69) is 45.3 Å². The van der Waals surface area contributed by atoms with Gasteiger partial charge in [-0.15, -0.1) is 0 Å². The van der Waals surface area contributed by atoms with E-state index in [4.69, 9.17) is 5.73 Å². The van der Waals surface area contributed by atoms with Gasteiger partial charge in [-0.3, -0.25) is 0 Å². The van der Waals surface area contributed by atoms with Gasteiger partial charge < -0.3 is 10.7 Å². The largest absolute Gasteiger partial charge is 0.361 e. The van der Waals surface area contributed by atoms with E-state index in [1.165, 1.54) is 42.1 Å². The lowest BCUT2D eigenvalue weighted by Crippen LogP contribution is -2.34. The van der Waals surface area contributed by atoms with Gasteiger partial charge in [0.05, 0.1) is 0 Å². The SMILES string of the molecule is NC1CCCCC1Cc1c[nH]c2cc(Br)ccc12. The highest BCUT2D eigenvalue weighted by Crippen LogP contribution is 2.30. The minimum atomic E-state index is 0.388. The Kier molecular flexibility index (Phi) is 3.44. The molecule has 1 fully saturated rings. The Morgan fingerprint density at radius 3 is 2.94 bits per heavy atom. The minimum absolute atomic E-state index is 0.388. The molecule has 3 heteroatoms. The molecule has 1 aliphatic rings. The summed E-state index contributed by atoms with van der Waals surface area (Å²) >= 11 is 3.51. The molecule has 0 bridgehead atoms. The van der Waals surface area contributed by atoms with Crippen molar-refractivity contribution in [3.05, 3.63) is 34.4 Å². The fourth-order valence-corrected chi connectivity index (χ4v) is 3.46. The van der Waals surface area contributed by atoms with Gasteiger partial charge in [-0.05, 0) is 42.9 Å². The maximum atomic E-state index is 6.25. The van der Waals surface area contributed by atoms with Crippen molar-refractivity contribution in [2.45, 2.75) is 38.1 Å². The number of aromatic amines is 1. The molecule has 96 valence electrons. The highest BCUT2D eigenvalue weighted by Gasteiger charge is 2.22. The van der Waals surface area contributed by atoms with Crippen LogP contribution in [0.5, 0.6) is 0 Å². The van der Waals surface area contributed by atoms with Gasteiger partial charge >= 0.3 is 0 Å². The first-order chi connectivity index (χ1) is 8.74. The van der Waals surface area contributed by atoms with Crippen molar-refractivity contribution < 1.29 is 0 Å². The Morgan fingerprint density at radius 1 is 1.28 bits per heavy atom. The fourth-order valence-electron chi connectivity index (χ4n) is 3.10. The molecule has 0 saturated heterocycles. The molecule has 2 nitrogen and oxygen atoms in total. The Bertz CT molecular complexity index is 546. The molecule has 0 amide bonds. The van der Waals surface area contributed by atoms with Crippen LogP contribution in [0, 0.1) is 5.92 Å². The van der Waals surface area contributed by atoms with Gasteiger partial charge in [-0.2, -0.15) is 0 Å². The lowest BCUT2D eigenvalue weighted by Gasteiger charge is -2.28. The summed E-state index contributed by atoms with van der Waals surface area (Å²) in [5, 5.41) is 1.34. The molecule has 0 aliphatic heterocycles. The standard InChI is InChI=1S/C15H19BrN2/c16-12-5-6-13-11(9-18-15(13)8-12)7-10-3-1-2-4-14(10)17/h5-6,8-10,14,18H,1-4,7,17H2. The topological polar surface area (TPSA) is 41.8 Å². The van der Waals surface area contributed by atoms with Gasteiger partial charge in [-0.1, -0.05) is 34.8 Å². The summed E-state index contributed by atoms with van der Waals surface area (Å²) < 4.78 is 1.12. The zero-order valence-electron chi connectivity index (χ0n) is 10.5. The first kappa shape index (κ1) is 12.2. The van der Waals surface area contributed by atoms with E-state index in [0.717, 1.165) is 10.9 Å². The molecule has 1 aromatic heterocycles. The van der Waals surface area contributed by atoms with Crippen molar-refractivity contribution in [3.63, 3.8) is 0 Å². The summed E-state index contributed by atoms with van der Waals surface area (Å²) in [5.41, 5.74) is 8.87. The van der Waals surface area contributed by atoms with Crippen LogP contribution in [0.15, 0.2) is 28.9 Å². The Labute approximate surface area is 116 Å². The normalized spacial score (nSPS) is 24.6. The van der Waals surface area contributed by atoms with E-state index < -0.39 is 0 Å². The van der Waals surface area contributed by atoms with E-state index in [9.17, 15) is 0 Å². The number of halogens is 1. The average Bonchev–Trinajstić information content (AvgIpc) is 2.74. The molecule has 0 spiro atoms. The summed E-state index contributed by atoms with van der Waals surface area (Å²) in [6.45, 7) is 0. The third kappa shape index (κ3) is 2.34. The maximum Gasteiger partial charge on any atom is 0.0468 e. The number of hydrogen-bond donors (Lipinski definition) is 2. The molecule has 2 aromatic rings. The molecule has 1 heterocycles. The average molecular weight is 307 g/mol. The lowest BCUT2D eigenvalue weighted by molar-refractivity contribution is 0.307. The van der Waals surface area contributed by atoms with Crippen molar-refractivity contribution in [2.75, 3.05) is 0 Å². The molecule has 0 radical (unpaired) electrons. The number of benzene rings is 1. The van der Waals surface area contributed by atoms with Gasteiger partial charge in [0, 0.05) is 27.6 Å². The van der Waals surface area contributed by atoms with Crippen LogP contribution in [0.4, 0.5) is 0 Å². The highest BCUT2D eigenvalue weighted by molar-refractivity contribution is 9.10. The first-order valence-corrected chi connectivity index (χ1v) is 7.54. The van der Waals surface area contributed by atoms with Crippen molar-refractivity contribution >= 4 is 26.8 Å². The number of nitrogens with two attached hydrogens (primary N) is 1. The second-order valence-corrected chi connectivity index (χ2v) is 6.33. The molecular weight excluding hydrogens is 288 g/mol. The van der Waals surface area contributed by atoms with Crippen molar-refractivity contribution in [1.29, 1.82) is 0 Å². The maximum absolute atomic E-state index is 6.25. The van der Waals surface area contributed by atoms with Crippen LogP contribution >= 0.6 is 15.9 Å². The second-order valence-electron chi connectivity index (χ2n) is 5.42. The van der Waals surface area contributed by atoms with Gasteiger partial charge in [-0.25, -0.2) is 0 Å². The zero-order chi connectivity index (χ0) is 12.5. The van der Waals surface area contributed by atoms with Crippen LogP contribution in [-0.2, 0) is 6.42 Å². The third-order valence-electron chi connectivity index (χ3n) is 4.18. The molecule has 1 saturated carbocycles. The van der Waals surface area contributed by atoms with Crippen LogP contribution in [-0.4, -0.2) is 11.0 Å². The van der Waals surface area contributed by atoms with Crippen molar-refractivity contribution in [3.8, 4) is 0 Å². The van der Waals surface area contributed by atoms with Gasteiger partial charge in [0.2, 0.25) is 0 Å². The quantitative estimate of drug-likeness (QED) is 0.865. The van der Waals surface area contributed by atoms with Gasteiger partial charge in [0.1, 0.15) is 0 Å². The van der Waals surface area contributed by atoms with E-state index in [0.29, 0.717) is 12.0 Å². The number of H-pyrrole nitrogens is 1. The van der Waals surface area contributed by atoms with Crippen LogP contribution in [0.25, 0.3) is 10.9 Å². The molecule has 2 atom stereocenters. The summed E-state index contributed by atoms with van der Waals surface area (Å²) in [5.74, 6) is 0.654. The van der Waals surface area contributed by atoms with Crippen LogP contribution in [0.1, 0.15) is 31.2 Å². The summed E-state index contributed by atoms with van der Waals surface area (Å²) in [6.07, 6.45) is 8.38. The number of hydrogen-bond acceptors (Lipinski definition) is 1. The van der Waals surface area contributed by atoms with E-state index in [-0.39, 0.29) is 0 Å². The predicted molar refractivity (Wildman–Crippen MR) is 79.6 cm³/mol. The second kappa shape index (κ2) is 5.06. The van der Waals surface area contributed by atoms with E-state index >= 15 is 0 Å². The molecule has 18 heavy (non-hydrogen) atoms. The number of fused-ring (bicyclic) bond motifs is 1. The molecule has 3 N–H and O–H groups in total. The Morgan fingerprint density at radius 2 is 2.11 bits per heavy atom. The molecule has 1 aromatic carbocycles. The smallest absolute Gasteiger partial charge is 0.0468 e. The van der Waals surface area contributed by atoms with Gasteiger partial charge in [0.25, 0.3) is 0 Å². The monoisotopic (exact) mass is 306 g/mol. The van der Waals surface area contributed by atoms with Crippen LogP contribution in [0.2, 0.25) is 0 Å². The molecule has 1 aliphatic carbocycles. The van der Waals surface area contributed by atoms with Gasteiger partial charge in [0.15, 0.2) is 0 Å². The summed E-state index contributed by atoms with van der Waals surface area (Å²) in [4.78, 5) is 3.36. The predicted octanol–water partition coefficient (Wildman–Crippen LogP) is 3.99. The summed E-state index contributed by atoms with van der Waals surface area (Å²) in [7, 11) is 0. The lowest BCUT2D eigenvalue weighted by atomic mass is 9.81. The molecule has 2 unspecified atom stereocenters. The number of nitrogens with one attached hydrogen (secondary N) is 1. The minimum Gasteiger partial charge on any atom is -0.361 e. The fraction of sp³-hybridized carbons (Fsp3) is 0.467. The van der Waals surface area contributed by atoms with Crippen LogP contribution < -0.4 is 5.73 Å². The third-order valence-corrected chi connectivity index (χ3v) is 4.67. The van der Waals surface area contributed by atoms with E-state index in [1.807, 2.05) is 0 Å².